The maximum absolute atomic E-state index is 12.1. The Kier molecular flexibility index (Phi) is 1.85. The van der Waals surface area contributed by atoms with Crippen LogP contribution in [-0.2, 0) is 0 Å². The van der Waals surface area contributed by atoms with E-state index in [1.807, 2.05) is 0 Å². The molecule has 52 valence electrons. The van der Waals surface area contributed by atoms with E-state index in [2.05, 4.69) is 0 Å². The molecule has 0 saturated carbocycles. The largest absolute Gasteiger partial charge is 0.363 e. The number of hydrogen-bond donors (Lipinski definition) is 0. The Balaban J connectivity index is 2.79. The quantitative estimate of drug-likeness (QED) is 0.460. The van der Waals surface area contributed by atoms with E-state index in [0.29, 0.717) is 0 Å². The van der Waals surface area contributed by atoms with Crippen molar-refractivity contribution in [3.05, 3.63) is 42.1 Å². The summed E-state index contributed by atoms with van der Waals surface area (Å²) in [5.41, 5.74) is -0.235. The van der Waals surface area contributed by atoms with Gasteiger partial charge in [0.25, 0.3) is 0 Å². The lowest BCUT2D eigenvalue weighted by atomic mass is 10.1. The van der Waals surface area contributed by atoms with Crippen molar-refractivity contribution in [3.63, 3.8) is 0 Å². The molecule has 0 amide bonds. The predicted molar refractivity (Wildman–Crippen MR) is 31.9 cm³/mol. The van der Waals surface area contributed by atoms with E-state index < -0.39 is 11.9 Å². The summed E-state index contributed by atoms with van der Waals surface area (Å²) in [5.74, 6) is -0.509. The van der Waals surface area contributed by atoms with Gasteiger partial charge in [-0.25, -0.2) is 0 Å². The fourth-order valence-electron chi connectivity index (χ4n) is 0.576. The van der Waals surface area contributed by atoms with E-state index in [0.717, 1.165) is 24.6 Å². The highest BCUT2D eigenvalue weighted by Gasteiger charge is 2.14. The summed E-state index contributed by atoms with van der Waals surface area (Å²) in [5, 5.41) is 0. The Labute approximate surface area is 56.4 Å². The zero-order chi connectivity index (χ0) is 7.56. The summed E-state index contributed by atoms with van der Waals surface area (Å²) in [6.07, 6.45) is 2.26. The molecular weight excluding hydrogens is 141 g/mol. The molecule has 0 fully saturated rings. The van der Waals surface area contributed by atoms with Gasteiger partial charge in [-0.05, 0) is 0 Å². The van der Waals surface area contributed by atoms with E-state index in [9.17, 15) is 13.2 Å². The first-order valence-corrected chi connectivity index (χ1v) is 2.64. The zero-order valence-corrected chi connectivity index (χ0v) is 4.94. The fourth-order valence-corrected chi connectivity index (χ4v) is 0.576. The molecule has 0 aromatic carbocycles. The lowest BCUT2D eigenvalue weighted by molar-refractivity contribution is 0.416. The molecule has 10 heavy (non-hydrogen) atoms. The van der Waals surface area contributed by atoms with E-state index in [1.54, 1.807) is 0 Å². The third-order valence-corrected chi connectivity index (χ3v) is 1.06. The summed E-state index contributed by atoms with van der Waals surface area (Å²) >= 11 is 0. The lowest BCUT2D eigenvalue weighted by Gasteiger charge is -1.90. The molecule has 3 heteroatoms. The topological polar surface area (TPSA) is 0 Å². The predicted octanol–water partition coefficient (Wildman–Crippen LogP) is 2.76. The standard InChI is InChI=1S/C7H4F3/c8-6-3-1-5(2-4-6)7(9)10/h1-4H/q+1. The summed E-state index contributed by atoms with van der Waals surface area (Å²) in [7, 11) is 0. The minimum Gasteiger partial charge on any atom is -0.147 e. The van der Waals surface area contributed by atoms with Gasteiger partial charge in [-0.3, -0.25) is 0 Å². The molecular formula is C7H4F3+. The third-order valence-electron chi connectivity index (χ3n) is 1.06. The van der Waals surface area contributed by atoms with Gasteiger partial charge in [0.05, 0.1) is 12.2 Å². The van der Waals surface area contributed by atoms with Crippen LogP contribution in [0.5, 0.6) is 0 Å². The van der Waals surface area contributed by atoms with E-state index >= 15 is 0 Å². The maximum atomic E-state index is 12.1. The van der Waals surface area contributed by atoms with Gasteiger partial charge in [-0.1, -0.05) is 0 Å². The van der Waals surface area contributed by atoms with Gasteiger partial charge in [0.2, 0.25) is 5.83 Å². The molecule has 0 unspecified atom stereocenters. The maximum Gasteiger partial charge on any atom is 0.363 e. The Bertz CT molecular complexity index is 219. The minimum absolute atomic E-state index is 0.235. The molecule has 0 heterocycles. The number of allylic oxidation sites excluding steroid dienone is 5. The van der Waals surface area contributed by atoms with Crippen molar-refractivity contribution in [3.8, 4) is 0 Å². The molecule has 0 aromatic heterocycles. The van der Waals surface area contributed by atoms with Crippen LogP contribution in [0.25, 0.3) is 0 Å². The van der Waals surface area contributed by atoms with Crippen molar-refractivity contribution in [1.82, 2.24) is 0 Å². The van der Waals surface area contributed by atoms with Gasteiger partial charge in [0.1, 0.15) is 0 Å². The molecule has 1 rings (SSSR count). The van der Waals surface area contributed by atoms with Crippen LogP contribution in [0.2, 0.25) is 0 Å². The van der Waals surface area contributed by atoms with Crippen LogP contribution < -0.4 is 0 Å². The monoisotopic (exact) mass is 145 g/mol. The molecule has 0 spiro atoms. The van der Waals surface area contributed by atoms with Crippen LogP contribution in [0.4, 0.5) is 13.2 Å². The molecule has 0 radical (unpaired) electrons. The zero-order valence-electron chi connectivity index (χ0n) is 4.94. The number of hydrogen-bond acceptors (Lipinski definition) is 0. The first-order chi connectivity index (χ1) is 4.70. The minimum atomic E-state index is -1.79. The second kappa shape index (κ2) is 2.64. The highest BCUT2D eigenvalue weighted by molar-refractivity contribution is 5.41. The van der Waals surface area contributed by atoms with Crippen LogP contribution >= 0.6 is 0 Å². The van der Waals surface area contributed by atoms with Crippen LogP contribution in [0.1, 0.15) is 0 Å². The van der Waals surface area contributed by atoms with Crippen LogP contribution in [0.3, 0.4) is 0 Å². The van der Waals surface area contributed by atoms with Gasteiger partial charge in [0, 0.05) is 12.5 Å². The second-order valence-electron chi connectivity index (χ2n) is 1.77. The number of rotatable bonds is 0. The molecule has 0 saturated heterocycles. The number of halogens is 3. The van der Waals surface area contributed by atoms with Crippen LogP contribution in [-0.4, -0.2) is 0 Å². The lowest BCUT2D eigenvalue weighted by Crippen LogP contribution is -1.85. The van der Waals surface area contributed by atoms with Gasteiger partial charge in [-0.2, -0.15) is 0 Å². The normalized spacial score (nSPS) is 16.3. The van der Waals surface area contributed by atoms with E-state index in [-0.39, 0.29) is 5.57 Å². The second-order valence-corrected chi connectivity index (χ2v) is 1.77. The molecule has 0 N–H and O–H groups in total. The average molecular weight is 145 g/mol. The van der Waals surface area contributed by atoms with Gasteiger partial charge in [0.15, 0.2) is 5.57 Å². The van der Waals surface area contributed by atoms with Crippen LogP contribution in [0, 0.1) is 6.42 Å². The molecule has 0 aliphatic heterocycles. The molecule has 0 nitrogen and oxygen atoms in total. The first kappa shape index (κ1) is 6.99. The molecule has 1 aliphatic carbocycles. The van der Waals surface area contributed by atoms with Crippen molar-refractivity contribution in [1.29, 1.82) is 0 Å². The third kappa shape index (κ3) is 1.43. The van der Waals surface area contributed by atoms with E-state index in [1.165, 1.54) is 0 Å². The van der Waals surface area contributed by atoms with Crippen molar-refractivity contribution < 1.29 is 13.2 Å². The first-order valence-electron chi connectivity index (χ1n) is 2.64. The summed E-state index contributed by atoms with van der Waals surface area (Å²) < 4.78 is 35.5. The van der Waals surface area contributed by atoms with Gasteiger partial charge >= 0.3 is 6.08 Å². The summed E-state index contributed by atoms with van der Waals surface area (Å²) in [6.45, 7) is 0. The Hall–Kier alpha value is -1.12. The highest BCUT2D eigenvalue weighted by atomic mass is 19.3. The SMILES string of the molecule is FC1=C[CH+]C(=C(F)F)C=C1. The van der Waals surface area contributed by atoms with E-state index in [4.69, 9.17) is 0 Å². The Morgan fingerprint density at radius 2 is 2.00 bits per heavy atom. The molecule has 0 aromatic rings. The Morgan fingerprint density at radius 1 is 1.30 bits per heavy atom. The van der Waals surface area contributed by atoms with Crippen LogP contribution in [0.15, 0.2) is 35.7 Å². The fraction of sp³-hybridized carbons (Fsp3) is 0. The molecule has 0 atom stereocenters. The molecule has 0 bridgehead atoms. The van der Waals surface area contributed by atoms with Gasteiger partial charge in [-0.15, -0.1) is 13.2 Å². The van der Waals surface area contributed by atoms with Crippen molar-refractivity contribution in [2.45, 2.75) is 0 Å². The smallest absolute Gasteiger partial charge is 0.147 e. The summed E-state index contributed by atoms with van der Waals surface area (Å²) in [6, 6.07) is 0. The van der Waals surface area contributed by atoms with Crippen molar-refractivity contribution in [2.75, 3.05) is 0 Å². The van der Waals surface area contributed by atoms with Gasteiger partial charge < -0.3 is 0 Å². The average Bonchev–Trinajstić information content (AvgIpc) is 1.88. The summed E-state index contributed by atoms with van der Waals surface area (Å²) in [4.78, 5) is 0. The highest BCUT2D eigenvalue weighted by Crippen LogP contribution is 2.19. The van der Waals surface area contributed by atoms with Crippen molar-refractivity contribution >= 4 is 0 Å². The van der Waals surface area contributed by atoms with Crippen molar-refractivity contribution in [2.24, 2.45) is 0 Å². The Morgan fingerprint density at radius 3 is 2.40 bits per heavy atom. The molecule has 1 aliphatic rings.